The molecule has 0 bridgehead atoms. The van der Waals surface area contributed by atoms with E-state index in [-0.39, 0.29) is 29.0 Å². The highest BCUT2D eigenvalue weighted by Gasteiger charge is 2.21. The SMILES string of the molecule is CC(C)C(=O)NNS(=O)(=O)c1ccc2c(c1)NC(=O)CO2. The maximum atomic E-state index is 12.0. The zero-order valence-electron chi connectivity index (χ0n) is 11.5. The molecule has 1 aliphatic heterocycles. The molecule has 0 fully saturated rings. The van der Waals surface area contributed by atoms with Gasteiger partial charge in [0.15, 0.2) is 6.61 Å². The molecule has 1 aliphatic rings. The van der Waals surface area contributed by atoms with Crippen LogP contribution in [0.25, 0.3) is 0 Å². The Kier molecular flexibility index (Phi) is 4.14. The third kappa shape index (κ3) is 3.50. The van der Waals surface area contributed by atoms with E-state index in [1.807, 2.05) is 4.83 Å². The van der Waals surface area contributed by atoms with Crippen molar-refractivity contribution in [2.45, 2.75) is 18.7 Å². The summed E-state index contributed by atoms with van der Waals surface area (Å²) in [6, 6.07) is 4.02. The Bertz CT molecular complexity index is 684. The molecule has 0 saturated heterocycles. The Hall–Kier alpha value is -2.13. The molecule has 3 N–H and O–H groups in total. The Morgan fingerprint density at radius 3 is 2.76 bits per heavy atom. The van der Waals surface area contributed by atoms with Crippen LogP contribution in [0.4, 0.5) is 5.69 Å². The number of nitrogens with one attached hydrogen (secondary N) is 3. The van der Waals surface area contributed by atoms with Gasteiger partial charge in [-0.15, -0.1) is 4.83 Å². The quantitative estimate of drug-likeness (QED) is 0.676. The largest absolute Gasteiger partial charge is 0.482 e. The molecular formula is C12H15N3O5S. The van der Waals surface area contributed by atoms with Crippen molar-refractivity contribution >= 4 is 27.5 Å². The summed E-state index contributed by atoms with van der Waals surface area (Å²) in [6.45, 7) is 3.16. The van der Waals surface area contributed by atoms with Crippen molar-refractivity contribution in [2.24, 2.45) is 5.92 Å². The number of carbonyl (C=O) groups is 2. The first-order chi connectivity index (χ1) is 9.79. The minimum Gasteiger partial charge on any atom is -0.482 e. The highest BCUT2D eigenvalue weighted by molar-refractivity contribution is 7.89. The zero-order chi connectivity index (χ0) is 15.6. The molecule has 0 atom stereocenters. The molecule has 0 spiro atoms. The molecule has 0 radical (unpaired) electrons. The van der Waals surface area contributed by atoms with E-state index in [1.54, 1.807) is 13.8 Å². The fourth-order valence-electron chi connectivity index (χ4n) is 1.55. The molecule has 0 aliphatic carbocycles. The minimum atomic E-state index is -3.93. The van der Waals surface area contributed by atoms with Crippen LogP contribution in [-0.2, 0) is 19.6 Å². The van der Waals surface area contributed by atoms with E-state index >= 15 is 0 Å². The number of sulfonamides is 1. The second kappa shape index (κ2) is 5.70. The second-order valence-corrected chi connectivity index (χ2v) is 6.43. The lowest BCUT2D eigenvalue weighted by atomic mass is 10.2. The average Bonchev–Trinajstić information content (AvgIpc) is 2.43. The summed E-state index contributed by atoms with van der Waals surface area (Å²) in [6.07, 6.45) is 0. The van der Waals surface area contributed by atoms with Gasteiger partial charge in [-0.2, -0.15) is 0 Å². The van der Waals surface area contributed by atoms with Crippen LogP contribution in [0.15, 0.2) is 23.1 Å². The van der Waals surface area contributed by atoms with Crippen molar-refractivity contribution in [2.75, 3.05) is 11.9 Å². The molecule has 0 aromatic heterocycles. The molecule has 8 nitrogen and oxygen atoms in total. The van der Waals surface area contributed by atoms with Crippen molar-refractivity contribution in [1.29, 1.82) is 0 Å². The van der Waals surface area contributed by atoms with E-state index in [1.165, 1.54) is 18.2 Å². The smallest absolute Gasteiger partial charge is 0.262 e. The Balaban J connectivity index is 2.19. The van der Waals surface area contributed by atoms with Gasteiger partial charge >= 0.3 is 0 Å². The molecule has 1 heterocycles. The monoisotopic (exact) mass is 313 g/mol. The molecular weight excluding hydrogens is 298 g/mol. The van der Waals surface area contributed by atoms with Gasteiger partial charge in [0.2, 0.25) is 5.91 Å². The number of rotatable bonds is 4. The van der Waals surface area contributed by atoms with Crippen molar-refractivity contribution in [3.8, 4) is 5.75 Å². The summed E-state index contributed by atoms with van der Waals surface area (Å²) in [7, 11) is -3.93. The van der Waals surface area contributed by atoms with Gasteiger partial charge in [-0.3, -0.25) is 15.0 Å². The number of carbonyl (C=O) groups excluding carboxylic acids is 2. The van der Waals surface area contributed by atoms with E-state index in [4.69, 9.17) is 4.74 Å². The van der Waals surface area contributed by atoms with Crippen LogP contribution in [0.2, 0.25) is 0 Å². The van der Waals surface area contributed by atoms with Crippen molar-refractivity contribution < 1.29 is 22.7 Å². The Morgan fingerprint density at radius 1 is 1.38 bits per heavy atom. The van der Waals surface area contributed by atoms with Crippen molar-refractivity contribution in [1.82, 2.24) is 10.3 Å². The topological polar surface area (TPSA) is 114 Å². The molecule has 0 saturated carbocycles. The Labute approximate surface area is 121 Å². The highest BCUT2D eigenvalue weighted by Crippen LogP contribution is 2.29. The number of amides is 2. The highest BCUT2D eigenvalue weighted by atomic mass is 32.2. The summed E-state index contributed by atoms with van der Waals surface area (Å²) < 4.78 is 29.2. The summed E-state index contributed by atoms with van der Waals surface area (Å²) in [5, 5.41) is 2.51. The van der Waals surface area contributed by atoms with Gasteiger partial charge in [-0.1, -0.05) is 13.8 Å². The van der Waals surface area contributed by atoms with E-state index in [0.717, 1.165) is 0 Å². The van der Waals surface area contributed by atoms with Gasteiger partial charge in [-0.25, -0.2) is 8.42 Å². The van der Waals surface area contributed by atoms with Gasteiger partial charge in [0.05, 0.1) is 10.6 Å². The maximum absolute atomic E-state index is 12.0. The van der Waals surface area contributed by atoms with Crippen molar-refractivity contribution in [3.63, 3.8) is 0 Å². The minimum absolute atomic E-state index is 0.101. The molecule has 2 amide bonds. The van der Waals surface area contributed by atoms with E-state index in [9.17, 15) is 18.0 Å². The van der Waals surface area contributed by atoms with Gasteiger partial charge < -0.3 is 10.1 Å². The number of ether oxygens (including phenoxy) is 1. The van der Waals surface area contributed by atoms with Crippen LogP contribution >= 0.6 is 0 Å². The first-order valence-electron chi connectivity index (χ1n) is 6.18. The lowest BCUT2D eigenvalue weighted by Gasteiger charge is -2.18. The number of anilines is 1. The number of fused-ring (bicyclic) bond motifs is 1. The third-order valence-corrected chi connectivity index (χ3v) is 3.97. The standard InChI is InChI=1S/C12H15N3O5S/c1-7(2)12(17)14-15-21(18,19)8-3-4-10-9(5-8)13-11(16)6-20-10/h3-5,7,15H,6H2,1-2H3,(H,13,16)(H,14,17). The van der Waals surface area contributed by atoms with Gasteiger partial charge in [0, 0.05) is 5.92 Å². The van der Waals surface area contributed by atoms with Crippen molar-refractivity contribution in [3.05, 3.63) is 18.2 Å². The molecule has 0 unspecified atom stereocenters. The number of hydrazine groups is 1. The predicted octanol–water partition coefficient (Wildman–Crippen LogP) is -0.0170. The third-order valence-electron chi connectivity index (χ3n) is 2.73. The number of hydrogen-bond acceptors (Lipinski definition) is 5. The number of benzene rings is 1. The first kappa shape index (κ1) is 15.3. The number of hydrogen-bond donors (Lipinski definition) is 3. The summed E-state index contributed by atoms with van der Waals surface area (Å²) in [5.41, 5.74) is 2.38. The van der Waals surface area contributed by atoms with Crippen LogP contribution in [0.3, 0.4) is 0 Å². The predicted molar refractivity (Wildman–Crippen MR) is 73.9 cm³/mol. The summed E-state index contributed by atoms with van der Waals surface area (Å²) in [5.74, 6) is -0.782. The summed E-state index contributed by atoms with van der Waals surface area (Å²) in [4.78, 5) is 24.5. The summed E-state index contributed by atoms with van der Waals surface area (Å²) >= 11 is 0. The normalized spacial score (nSPS) is 14.1. The first-order valence-corrected chi connectivity index (χ1v) is 7.66. The molecule has 9 heteroatoms. The van der Waals surface area contributed by atoms with E-state index in [0.29, 0.717) is 5.75 Å². The molecule has 114 valence electrons. The average molecular weight is 313 g/mol. The Morgan fingerprint density at radius 2 is 2.10 bits per heavy atom. The van der Waals surface area contributed by atoms with Crippen LogP contribution in [-0.4, -0.2) is 26.8 Å². The van der Waals surface area contributed by atoms with Gasteiger partial charge in [0.1, 0.15) is 5.75 Å². The van der Waals surface area contributed by atoms with Gasteiger partial charge in [0.25, 0.3) is 15.9 Å². The fraction of sp³-hybridized carbons (Fsp3) is 0.333. The van der Waals surface area contributed by atoms with Gasteiger partial charge in [-0.05, 0) is 18.2 Å². The molecule has 21 heavy (non-hydrogen) atoms. The molecule has 1 aromatic rings. The lowest BCUT2D eigenvalue weighted by Crippen LogP contribution is -2.43. The fourth-order valence-corrected chi connectivity index (χ4v) is 2.42. The second-order valence-electron chi connectivity index (χ2n) is 4.74. The molecule has 2 rings (SSSR count). The van der Waals surface area contributed by atoms with Crippen LogP contribution in [0, 0.1) is 5.92 Å². The zero-order valence-corrected chi connectivity index (χ0v) is 12.3. The maximum Gasteiger partial charge on any atom is 0.262 e. The van der Waals surface area contributed by atoms with E-state index < -0.39 is 15.9 Å². The molecule has 1 aromatic carbocycles. The van der Waals surface area contributed by atoms with Crippen LogP contribution in [0.5, 0.6) is 5.75 Å². The van der Waals surface area contributed by atoms with Crippen LogP contribution in [0.1, 0.15) is 13.8 Å². The van der Waals surface area contributed by atoms with Crippen LogP contribution < -0.4 is 20.3 Å². The lowest BCUT2D eigenvalue weighted by molar-refractivity contribution is -0.124. The van der Waals surface area contributed by atoms with E-state index in [2.05, 4.69) is 10.7 Å².